The van der Waals surface area contributed by atoms with Gasteiger partial charge >= 0.3 is 0 Å². The minimum absolute atomic E-state index is 0.0672. The molecule has 0 fully saturated rings. The van der Waals surface area contributed by atoms with Crippen molar-refractivity contribution in [3.8, 4) is 0 Å². The summed E-state index contributed by atoms with van der Waals surface area (Å²) in [6.45, 7) is 5.65. The van der Waals surface area contributed by atoms with Crippen LogP contribution in [0.15, 0.2) is 54.6 Å². The number of benzene rings is 2. The molecule has 1 atom stereocenters. The molecule has 0 saturated heterocycles. The molecule has 2 amide bonds. The van der Waals surface area contributed by atoms with Gasteiger partial charge in [-0.2, -0.15) is 0 Å². The van der Waals surface area contributed by atoms with Crippen LogP contribution in [0.5, 0.6) is 0 Å². The van der Waals surface area contributed by atoms with Crippen LogP contribution in [0.3, 0.4) is 0 Å². The number of hydrogen-bond acceptors (Lipinski definition) is 3. The largest absolute Gasteiger partial charge is 0.355 e. The number of carbonyl (C=O) groups is 2. The summed E-state index contributed by atoms with van der Waals surface area (Å²) in [5.41, 5.74) is 3.33. The number of hydrogen-bond donors (Lipinski definition) is 2. The first-order chi connectivity index (χ1) is 12.9. The monoisotopic (exact) mass is 367 g/mol. The first kappa shape index (κ1) is 20.6. The third-order valence-corrected chi connectivity index (χ3v) is 4.36. The summed E-state index contributed by atoms with van der Waals surface area (Å²) in [7, 11) is 2.03. The van der Waals surface area contributed by atoms with Crippen molar-refractivity contribution in [1.29, 1.82) is 0 Å². The lowest BCUT2D eigenvalue weighted by molar-refractivity contribution is -0.122. The van der Waals surface area contributed by atoms with E-state index in [-0.39, 0.29) is 24.3 Å². The minimum atomic E-state index is -0.315. The Kier molecular flexibility index (Phi) is 8.01. The van der Waals surface area contributed by atoms with Crippen molar-refractivity contribution in [1.82, 2.24) is 15.5 Å². The van der Waals surface area contributed by atoms with E-state index in [1.165, 1.54) is 12.5 Å². The summed E-state index contributed by atoms with van der Waals surface area (Å²) in [6, 6.07) is 17.8. The quantitative estimate of drug-likeness (QED) is 0.716. The fourth-order valence-corrected chi connectivity index (χ4v) is 2.91. The molecule has 5 nitrogen and oxygen atoms in total. The Bertz CT molecular complexity index is 729. The second-order valence-corrected chi connectivity index (χ2v) is 6.94. The molecule has 2 aromatic rings. The van der Waals surface area contributed by atoms with E-state index in [9.17, 15) is 9.59 Å². The van der Waals surface area contributed by atoms with Crippen LogP contribution < -0.4 is 10.6 Å². The SMILES string of the molecule is CC(=O)NC(CC(=O)NCCN(C)Cc1ccccc1)c1ccc(C)cc1. The maximum absolute atomic E-state index is 12.3. The third kappa shape index (κ3) is 7.62. The molecule has 0 saturated carbocycles. The van der Waals surface area contributed by atoms with Gasteiger partial charge in [-0.15, -0.1) is 0 Å². The zero-order valence-electron chi connectivity index (χ0n) is 16.4. The maximum atomic E-state index is 12.3. The molecule has 0 heterocycles. The van der Waals surface area contributed by atoms with E-state index in [0.717, 1.165) is 24.2 Å². The predicted molar refractivity (Wildman–Crippen MR) is 108 cm³/mol. The summed E-state index contributed by atoms with van der Waals surface area (Å²) < 4.78 is 0. The Balaban J connectivity index is 1.81. The molecule has 2 N–H and O–H groups in total. The van der Waals surface area contributed by atoms with Gasteiger partial charge in [-0.05, 0) is 25.1 Å². The van der Waals surface area contributed by atoms with Gasteiger partial charge in [0.25, 0.3) is 0 Å². The third-order valence-electron chi connectivity index (χ3n) is 4.36. The lowest BCUT2D eigenvalue weighted by atomic mass is 10.0. The van der Waals surface area contributed by atoms with E-state index in [1.807, 2.05) is 56.4 Å². The molecule has 5 heteroatoms. The molecule has 27 heavy (non-hydrogen) atoms. The molecule has 2 aromatic carbocycles. The summed E-state index contributed by atoms with van der Waals surface area (Å²) in [6.07, 6.45) is 0.227. The Morgan fingerprint density at radius 2 is 1.70 bits per heavy atom. The minimum Gasteiger partial charge on any atom is -0.355 e. The molecular formula is C22H29N3O2. The van der Waals surface area contributed by atoms with Crippen LogP contribution in [0.1, 0.15) is 36.1 Å². The number of carbonyl (C=O) groups excluding carboxylic acids is 2. The highest BCUT2D eigenvalue weighted by molar-refractivity contribution is 5.79. The highest BCUT2D eigenvalue weighted by Crippen LogP contribution is 2.17. The van der Waals surface area contributed by atoms with Crippen LogP contribution in [0.4, 0.5) is 0 Å². The topological polar surface area (TPSA) is 61.4 Å². The van der Waals surface area contributed by atoms with Gasteiger partial charge in [0.2, 0.25) is 11.8 Å². The van der Waals surface area contributed by atoms with Crippen molar-refractivity contribution in [2.24, 2.45) is 0 Å². The summed E-state index contributed by atoms with van der Waals surface area (Å²) in [5, 5.41) is 5.82. The Hall–Kier alpha value is -2.66. The van der Waals surface area contributed by atoms with Gasteiger partial charge in [0.1, 0.15) is 0 Å². The summed E-state index contributed by atoms with van der Waals surface area (Å²) in [5.74, 6) is -0.210. The highest BCUT2D eigenvalue weighted by Gasteiger charge is 2.17. The molecule has 2 rings (SSSR count). The van der Waals surface area contributed by atoms with E-state index < -0.39 is 0 Å². The molecule has 0 aromatic heterocycles. The average Bonchev–Trinajstić information content (AvgIpc) is 2.62. The van der Waals surface area contributed by atoms with Crippen LogP contribution >= 0.6 is 0 Å². The van der Waals surface area contributed by atoms with Crippen LogP contribution in [-0.2, 0) is 16.1 Å². The number of aryl methyl sites for hydroxylation is 1. The number of likely N-dealkylation sites (N-methyl/N-ethyl adjacent to an activating group) is 1. The number of rotatable bonds is 9. The van der Waals surface area contributed by atoms with Gasteiger partial charge in [-0.1, -0.05) is 60.2 Å². The smallest absolute Gasteiger partial charge is 0.222 e. The summed E-state index contributed by atoms with van der Waals surface area (Å²) >= 11 is 0. The van der Waals surface area contributed by atoms with Crippen molar-refractivity contribution in [3.63, 3.8) is 0 Å². The van der Waals surface area contributed by atoms with Gasteiger partial charge in [0.15, 0.2) is 0 Å². The van der Waals surface area contributed by atoms with E-state index in [2.05, 4.69) is 27.7 Å². The van der Waals surface area contributed by atoms with Crippen molar-refractivity contribution in [3.05, 3.63) is 71.3 Å². The second kappa shape index (κ2) is 10.5. The molecule has 0 aliphatic rings. The van der Waals surface area contributed by atoms with Gasteiger partial charge < -0.3 is 15.5 Å². The summed E-state index contributed by atoms with van der Waals surface area (Å²) in [4.78, 5) is 26.0. The lowest BCUT2D eigenvalue weighted by Gasteiger charge is -2.20. The van der Waals surface area contributed by atoms with Crippen molar-refractivity contribution < 1.29 is 9.59 Å². The zero-order chi connectivity index (χ0) is 19.6. The molecular weight excluding hydrogens is 338 g/mol. The average molecular weight is 367 g/mol. The van der Waals surface area contributed by atoms with Crippen molar-refractivity contribution >= 4 is 11.8 Å². The Morgan fingerprint density at radius 1 is 1.04 bits per heavy atom. The van der Waals surface area contributed by atoms with E-state index in [0.29, 0.717) is 6.54 Å². The maximum Gasteiger partial charge on any atom is 0.222 e. The first-order valence-corrected chi connectivity index (χ1v) is 9.27. The van der Waals surface area contributed by atoms with E-state index in [1.54, 1.807) is 0 Å². The second-order valence-electron chi connectivity index (χ2n) is 6.94. The van der Waals surface area contributed by atoms with Crippen LogP contribution in [0.25, 0.3) is 0 Å². The van der Waals surface area contributed by atoms with Crippen LogP contribution in [0.2, 0.25) is 0 Å². The Labute approximate surface area is 161 Å². The van der Waals surface area contributed by atoms with Crippen LogP contribution in [-0.4, -0.2) is 36.9 Å². The van der Waals surface area contributed by atoms with E-state index in [4.69, 9.17) is 0 Å². The number of amides is 2. The zero-order valence-corrected chi connectivity index (χ0v) is 16.4. The molecule has 144 valence electrons. The van der Waals surface area contributed by atoms with Crippen molar-refractivity contribution in [2.75, 3.05) is 20.1 Å². The highest BCUT2D eigenvalue weighted by atomic mass is 16.2. The number of nitrogens with one attached hydrogen (secondary N) is 2. The molecule has 0 radical (unpaired) electrons. The Morgan fingerprint density at radius 3 is 2.33 bits per heavy atom. The molecule has 0 aliphatic carbocycles. The first-order valence-electron chi connectivity index (χ1n) is 9.27. The lowest BCUT2D eigenvalue weighted by Crippen LogP contribution is -2.36. The van der Waals surface area contributed by atoms with Gasteiger partial charge in [-0.3, -0.25) is 9.59 Å². The predicted octanol–water partition coefficient (Wildman–Crippen LogP) is 2.81. The fourth-order valence-electron chi connectivity index (χ4n) is 2.91. The van der Waals surface area contributed by atoms with E-state index >= 15 is 0 Å². The number of nitrogens with zero attached hydrogens (tertiary/aromatic N) is 1. The standard InChI is InChI=1S/C22H29N3O2/c1-17-9-11-20(12-10-17)21(24-18(2)26)15-22(27)23-13-14-25(3)16-19-7-5-4-6-8-19/h4-12,21H,13-16H2,1-3H3,(H,23,27)(H,24,26). The molecule has 1 unspecified atom stereocenters. The van der Waals surface area contributed by atoms with Crippen LogP contribution in [0, 0.1) is 6.92 Å². The normalized spacial score (nSPS) is 11.9. The van der Waals surface area contributed by atoms with Crippen molar-refractivity contribution in [2.45, 2.75) is 32.9 Å². The molecule has 0 bridgehead atoms. The van der Waals surface area contributed by atoms with Gasteiger partial charge in [-0.25, -0.2) is 0 Å². The van der Waals surface area contributed by atoms with Gasteiger partial charge in [0.05, 0.1) is 12.5 Å². The molecule has 0 aliphatic heterocycles. The molecule has 0 spiro atoms. The van der Waals surface area contributed by atoms with Gasteiger partial charge in [0, 0.05) is 26.6 Å². The fraction of sp³-hybridized carbons (Fsp3) is 0.364.